The van der Waals surface area contributed by atoms with E-state index in [1.165, 1.54) is 12.1 Å². The third kappa shape index (κ3) is 5.03. The summed E-state index contributed by atoms with van der Waals surface area (Å²) in [7, 11) is -8.53. The van der Waals surface area contributed by atoms with Crippen LogP contribution in [0.3, 0.4) is 0 Å². The van der Waals surface area contributed by atoms with E-state index in [-0.39, 0.29) is 16.4 Å². The Labute approximate surface area is 178 Å². The summed E-state index contributed by atoms with van der Waals surface area (Å²) in [4.78, 5) is 0.0110. The van der Waals surface area contributed by atoms with Crippen LogP contribution in [0.5, 0.6) is 5.75 Å². The van der Waals surface area contributed by atoms with Gasteiger partial charge in [-0.15, -0.1) is 0 Å². The van der Waals surface area contributed by atoms with Crippen molar-refractivity contribution in [1.29, 1.82) is 0 Å². The summed E-state index contributed by atoms with van der Waals surface area (Å²) in [5.74, 6) is -0.355. The van der Waals surface area contributed by atoms with Gasteiger partial charge in [-0.25, -0.2) is 8.42 Å². The van der Waals surface area contributed by atoms with E-state index in [1.54, 1.807) is 6.07 Å². The first-order valence-corrected chi connectivity index (χ1v) is 13.0. The zero-order valence-electron chi connectivity index (χ0n) is 17.0. The van der Waals surface area contributed by atoms with E-state index >= 15 is 0 Å². The summed E-state index contributed by atoms with van der Waals surface area (Å²) in [5, 5.41) is 3.62. The number of unbranched alkanes of at least 4 members (excludes halogenated alkanes) is 1. The van der Waals surface area contributed by atoms with Gasteiger partial charge in [-0.3, -0.25) is 9.87 Å². The Morgan fingerprint density at radius 3 is 2.47 bits per heavy atom. The number of rotatable bonds is 7. The average molecular weight is 454 g/mol. The third-order valence-electron chi connectivity index (χ3n) is 5.57. The molecule has 1 aliphatic heterocycles. The van der Waals surface area contributed by atoms with Crippen molar-refractivity contribution in [2.45, 2.75) is 56.0 Å². The van der Waals surface area contributed by atoms with Gasteiger partial charge in [0.05, 0.1) is 16.7 Å². The Balaban J connectivity index is 2.20. The van der Waals surface area contributed by atoms with Crippen LogP contribution in [-0.4, -0.2) is 32.7 Å². The van der Waals surface area contributed by atoms with Crippen LogP contribution in [-0.2, 0) is 20.2 Å². The van der Waals surface area contributed by atoms with Crippen molar-refractivity contribution >= 4 is 20.2 Å². The molecule has 0 aliphatic carbocycles. The minimum absolute atomic E-state index is 0.0110. The van der Waals surface area contributed by atoms with E-state index in [0.717, 1.165) is 18.4 Å². The molecule has 30 heavy (non-hydrogen) atoms. The molecule has 1 heterocycles. The smallest absolute Gasteiger partial charge is 0.362 e. The molecule has 0 bridgehead atoms. The highest BCUT2D eigenvalue weighted by Gasteiger charge is 2.42. The maximum Gasteiger partial charge on any atom is 0.446 e. The van der Waals surface area contributed by atoms with Crippen LogP contribution < -0.4 is 9.50 Å². The maximum atomic E-state index is 13.4. The normalized spacial score (nSPS) is 23.4. The average Bonchev–Trinajstić information content (AvgIpc) is 2.79. The standard InChI is InChI=1S/C21H27NO6S2/c1-3-5-13-21(4-2)15-29(23,24)19-14-17(28-30(25,26)27)11-12-18(19)20(22-21)16-9-7-6-8-10-16/h6-12,14,20,22H,3-5,13,15H2,1-2H3,(H,25,26,27)/t20?,21-/m1/s1. The Kier molecular flexibility index (Phi) is 6.57. The highest BCUT2D eigenvalue weighted by Crippen LogP contribution is 2.39. The quantitative estimate of drug-likeness (QED) is 0.616. The summed E-state index contributed by atoms with van der Waals surface area (Å²) < 4.78 is 62.6. The molecular formula is C21H27NO6S2. The topological polar surface area (TPSA) is 110 Å². The summed E-state index contributed by atoms with van der Waals surface area (Å²) in [6.45, 7) is 4.04. The van der Waals surface area contributed by atoms with Gasteiger partial charge < -0.3 is 4.18 Å². The van der Waals surface area contributed by atoms with Crippen molar-refractivity contribution < 1.29 is 25.6 Å². The summed E-state index contributed by atoms with van der Waals surface area (Å²) in [6.07, 6.45) is 3.15. The van der Waals surface area contributed by atoms with Crippen LogP contribution in [0, 0.1) is 0 Å². The molecule has 3 rings (SSSR count). The van der Waals surface area contributed by atoms with Gasteiger partial charge in [0.2, 0.25) is 0 Å². The first kappa shape index (κ1) is 22.7. The maximum absolute atomic E-state index is 13.4. The molecule has 0 saturated heterocycles. The minimum Gasteiger partial charge on any atom is -0.362 e. The van der Waals surface area contributed by atoms with Gasteiger partial charge in [0.1, 0.15) is 5.75 Å². The fraction of sp³-hybridized carbons (Fsp3) is 0.429. The predicted molar refractivity (Wildman–Crippen MR) is 115 cm³/mol. The molecule has 2 atom stereocenters. The number of nitrogens with one attached hydrogen (secondary N) is 1. The lowest BCUT2D eigenvalue weighted by Crippen LogP contribution is -2.50. The number of hydrogen-bond donors (Lipinski definition) is 2. The molecule has 0 spiro atoms. The van der Waals surface area contributed by atoms with Gasteiger partial charge in [-0.05, 0) is 30.0 Å². The second-order valence-corrected chi connectivity index (χ2v) is 10.7. The number of sulfone groups is 1. The molecule has 164 valence electrons. The zero-order chi connectivity index (χ0) is 22.0. The molecule has 1 unspecified atom stereocenters. The lowest BCUT2D eigenvalue weighted by Gasteiger charge is -2.35. The van der Waals surface area contributed by atoms with Gasteiger partial charge in [-0.1, -0.05) is 63.1 Å². The lowest BCUT2D eigenvalue weighted by atomic mass is 9.88. The van der Waals surface area contributed by atoms with Crippen LogP contribution in [0.15, 0.2) is 53.4 Å². The summed E-state index contributed by atoms with van der Waals surface area (Å²) in [5.41, 5.74) is 0.808. The molecule has 9 heteroatoms. The van der Waals surface area contributed by atoms with Crippen LogP contribution in [0.1, 0.15) is 56.7 Å². The van der Waals surface area contributed by atoms with Gasteiger partial charge in [0, 0.05) is 11.6 Å². The Morgan fingerprint density at radius 1 is 1.17 bits per heavy atom. The van der Waals surface area contributed by atoms with Crippen molar-refractivity contribution in [2.24, 2.45) is 0 Å². The van der Waals surface area contributed by atoms with E-state index < -0.39 is 31.8 Å². The first-order chi connectivity index (χ1) is 14.1. The molecule has 2 N–H and O–H groups in total. The van der Waals surface area contributed by atoms with E-state index in [1.807, 2.05) is 37.3 Å². The highest BCUT2D eigenvalue weighted by atomic mass is 32.3. The molecule has 0 amide bonds. The van der Waals surface area contributed by atoms with Gasteiger partial charge in [0.15, 0.2) is 9.84 Å². The molecular weight excluding hydrogens is 426 g/mol. The van der Waals surface area contributed by atoms with E-state index in [9.17, 15) is 16.8 Å². The van der Waals surface area contributed by atoms with Crippen LogP contribution in [0.4, 0.5) is 0 Å². The van der Waals surface area contributed by atoms with Gasteiger partial charge in [-0.2, -0.15) is 8.42 Å². The Morgan fingerprint density at radius 2 is 1.87 bits per heavy atom. The molecule has 0 fully saturated rings. The Bertz CT molecular complexity index is 1100. The number of benzene rings is 2. The van der Waals surface area contributed by atoms with Crippen molar-refractivity contribution in [1.82, 2.24) is 5.32 Å². The van der Waals surface area contributed by atoms with E-state index in [4.69, 9.17) is 4.55 Å². The third-order valence-corrected chi connectivity index (χ3v) is 7.93. The van der Waals surface area contributed by atoms with E-state index in [0.29, 0.717) is 18.4 Å². The molecule has 2 aromatic carbocycles. The highest BCUT2D eigenvalue weighted by molar-refractivity contribution is 7.91. The summed E-state index contributed by atoms with van der Waals surface area (Å²) >= 11 is 0. The molecule has 0 saturated carbocycles. The monoisotopic (exact) mass is 453 g/mol. The predicted octanol–water partition coefficient (Wildman–Crippen LogP) is 3.67. The lowest BCUT2D eigenvalue weighted by molar-refractivity contribution is 0.295. The number of fused-ring (bicyclic) bond motifs is 1. The first-order valence-electron chi connectivity index (χ1n) is 9.95. The van der Waals surface area contributed by atoms with Gasteiger partial charge >= 0.3 is 10.4 Å². The van der Waals surface area contributed by atoms with Crippen molar-refractivity contribution in [2.75, 3.05) is 5.75 Å². The number of hydrogen-bond acceptors (Lipinski definition) is 6. The Hall–Kier alpha value is -1.94. The fourth-order valence-electron chi connectivity index (χ4n) is 4.01. The van der Waals surface area contributed by atoms with Crippen molar-refractivity contribution in [3.8, 4) is 5.75 Å². The summed E-state index contributed by atoms with van der Waals surface area (Å²) in [6, 6.07) is 13.2. The molecule has 7 nitrogen and oxygen atoms in total. The SMILES string of the molecule is CCCC[C@]1(CC)CS(=O)(=O)c2cc(OS(=O)(=O)O)ccc2C(c2ccccc2)N1. The molecule has 0 aromatic heterocycles. The van der Waals surface area contributed by atoms with E-state index in [2.05, 4.69) is 16.4 Å². The molecule has 1 aliphatic rings. The zero-order valence-corrected chi connectivity index (χ0v) is 18.7. The van der Waals surface area contributed by atoms with Gasteiger partial charge in [0.25, 0.3) is 0 Å². The largest absolute Gasteiger partial charge is 0.446 e. The van der Waals surface area contributed by atoms with Crippen LogP contribution >= 0.6 is 0 Å². The second kappa shape index (κ2) is 8.66. The molecule has 2 aromatic rings. The second-order valence-electron chi connectivity index (χ2n) is 7.70. The van der Waals surface area contributed by atoms with Crippen molar-refractivity contribution in [3.63, 3.8) is 0 Å². The van der Waals surface area contributed by atoms with Crippen molar-refractivity contribution in [3.05, 3.63) is 59.7 Å². The minimum atomic E-state index is -4.77. The van der Waals surface area contributed by atoms with Crippen LogP contribution in [0.25, 0.3) is 0 Å². The molecule has 0 radical (unpaired) electrons. The fourth-order valence-corrected chi connectivity index (χ4v) is 6.51. The van der Waals surface area contributed by atoms with Crippen LogP contribution in [0.2, 0.25) is 0 Å².